The Morgan fingerprint density at radius 1 is 1.62 bits per heavy atom. The predicted octanol–water partition coefficient (Wildman–Crippen LogP) is 1.26. The van der Waals surface area contributed by atoms with Gasteiger partial charge >= 0.3 is 5.91 Å². The van der Waals surface area contributed by atoms with E-state index in [4.69, 9.17) is 14.9 Å². The van der Waals surface area contributed by atoms with Crippen LogP contribution in [0.1, 0.15) is 41.7 Å². The molecule has 1 aliphatic heterocycles. The first-order valence-electron chi connectivity index (χ1n) is 5.31. The van der Waals surface area contributed by atoms with Gasteiger partial charge in [-0.25, -0.2) is 4.98 Å². The van der Waals surface area contributed by atoms with Crippen LogP contribution >= 0.6 is 9.24 Å². The van der Waals surface area contributed by atoms with E-state index in [0.29, 0.717) is 5.69 Å². The number of carbonyl (C=O) groups is 1. The molecule has 1 aromatic rings. The molecule has 16 heavy (non-hydrogen) atoms. The summed E-state index contributed by atoms with van der Waals surface area (Å²) in [5.41, 5.74) is 5.73. The molecular weight excluding hydrogens is 227 g/mol. The topological polar surface area (TPSA) is 78.4 Å². The number of aromatic nitrogens is 1. The summed E-state index contributed by atoms with van der Waals surface area (Å²) < 4.78 is 10.8. The molecule has 1 aliphatic rings. The summed E-state index contributed by atoms with van der Waals surface area (Å²) in [6, 6.07) is 0. The third-order valence-corrected chi connectivity index (χ3v) is 2.99. The largest absolute Gasteiger partial charge is 0.441 e. The number of primary amides is 1. The molecule has 88 valence electrons. The van der Waals surface area contributed by atoms with Crippen molar-refractivity contribution in [2.24, 2.45) is 5.73 Å². The van der Waals surface area contributed by atoms with Crippen LogP contribution in [0.4, 0.5) is 0 Å². The Kier molecular flexibility index (Phi) is 3.56. The van der Waals surface area contributed by atoms with Gasteiger partial charge in [0, 0.05) is 0 Å². The first kappa shape index (κ1) is 11.6. The highest BCUT2D eigenvalue weighted by atomic mass is 31.0. The summed E-state index contributed by atoms with van der Waals surface area (Å²) in [6.07, 6.45) is 5.69. The standard InChI is InChI=1S/C10H15N2O3P/c11-9(13)10-12-7(5-14-10)8-2-1-6(15-8)3-4-16/h5-6,8H,1-4,16H2,(H2,11,13). The molecule has 2 rings (SSSR count). The van der Waals surface area contributed by atoms with Gasteiger partial charge in [0.15, 0.2) is 0 Å². The first-order valence-corrected chi connectivity index (χ1v) is 6.13. The van der Waals surface area contributed by atoms with Gasteiger partial charge in [-0.05, 0) is 25.4 Å². The quantitative estimate of drug-likeness (QED) is 0.806. The Morgan fingerprint density at radius 3 is 3.06 bits per heavy atom. The molecule has 2 heterocycles. The Morgan fingerprint density at radius 2 is 2.44 bits per heavy atom. The zero-order chi connectivity index (χ0) is 11.5. The average molecular weight is 242 g/mol. The molecule has 1 amide bonds. The normalized spacial score (nSPS) is 24.8. The van der Waals surface area contributed by atoms with E-state index in [1.807, 2.05) is 0 Å². The number of oxazole rings is 1. The molecule has 6 heteroatoms. The first-order chi connectivity index (χ1) is 7.70. The van der Waals surface area contributed by atoms with Crippen molar-refractivity contribution in [3.8, 4) is 0 Å². The van der Waals surface area contributed by atoms with Crippen molar-refractivity contribution in [2.75, 3.05) is 6.16 Å². The molecule has 2 N–H and O–H groups in total. The molecule has 3 unspecified atom stereocenters. The molecular formula is C10H15N2O3P. The zero-order valence-corrected chi connectivity index (χ0v) is 10.0. The summed E-state index contributed by atoms with van der Waals surface area (Å²) in [7, 11) is 2.69. The summed E-state index contributed by atoms with van der Waals surface area (Å²) in [4.78, 5) is 14.8. The lowest BCUT2D eigenvalue weighted by Crippen LogP contribution is -2.12. The number of carbonyl (C=O) groups excluding carboxylic acids is 1. The van der Waals surface area contributed by atoms with Gasteiger partial charge in [0.1, 0.15) is 18.1 Å². The molecule has 1 aromatic heterocycles. The summed E-state index contributed by atoms with van der Waals surface area (Å²) in [5.74, 6) is -0.696. The lowest BCUT2D eigenvalue weighted by atomic mass is 10.1. The van der Waals surface area contributed by atoms with Crippen molar-refractivity contribution >= 4 is 15.1 Å². The maximum Gasteiger partial charge on any atom is 0.304 e. The van der Waals surface area contributed by atoms with E-state index in [9.17, 15) is 4.79 Å². The number of hydrogen-bond donors (Lipinski definition) is 1. The van der Waals surface area contributed by atoms with E-state index in [-0.39, 0.29) is 18.1 Å². The van der Waals surface area contributed by atoms with E-state index in [1.54, 1.807) is 0 Å². The zero-order valence-electron chi connectivity index (χ0n) is 8.89. The molecule has 3 atom stereocenters. The number of rotatable bonds is 4. The number of nitrogens with two attached hydrogens (primary N) is 1. The smallest absolute Gasteiger partial charge is 0.304 e. The summed E-state index contributed by atoms with van der Waals surface area (Å²) >= 11 is 0. The number of nitrogens with zero attached hydrogens (tertiary/aromatic N) is 1. The SMILES string of the molecule is NC(=O)c1nc(C2CCC(CCP)O2)co1. The fourth-order valence-corrected chi connectivity index (χ4v) is 2.24. The van der Waals surface area contributed by atoms with Crippen LogP contribution in [-0.2, 0) is 4.74 Å². The molecule has 5 nitrogen and oxygen atoms in total. The minimum Gasteiger partial charge on any atom is -0.441 e. The Bertz CT molecular complexity index is 380. The monoisotopic (exact) mass is 242 g/mol. The van der Waals surface area contributed by atoms with Gasteiger partial charge in [-0.15, -0.1) is 9.24 Å². The van der Waals surface area contributed by atoms with Crippen molar-refractivity contribution in [1.29, 1.82) is 0 Å². The van der Waals surface area contributed by atoms with E-state index in [1.165, 1.54) is 6.26 Å². The van der Waals surface area contributed by atoms with Crippen molar-refractivity contribution in [2.45, 2.75) is 31.5 Å². The second kappa shape index (κ2) is 4.93. The van der Waals surface area contributed by atoms with Crippen LogP contribution in [0.15, 0.2) is 10.7 Å². The maximum absolute atomic E-state index is 10.8. The Hall–Kier alpha value is -0.930. The van der Waals surface area contributed by atoms with Crippen molar-refractivity contribution < 1.29 is 13.9 Å². The van der Waals surface area contributed by atoms with E-state index in [0.717, 1.165) is 25.4 Å². The Labute approximate surface area is 95.9 Å². The van der Waals surface area contributed by atoms with Crippen LogP contribution in [0.5, 0.6) is 0 Å². The van der Waals surface area contributed by atoms with Gasteiger partial charge in [0.25, 0.3) is 5.89 Å². The Balaban J connectivity index is 2.00. The van der Waals surface area contributed by atoms with Gasteiger partial charge in [-0.2, -0.15) is 0 Å². The maximum atomic E-state index is 10.8. The fraction of sp³-hybridized carbons (Fsp3) is 0.600. The average Bonchev–Trinajstić information content (AvgIpc) is 2.84. The lowest BCUT2D eigenvalue weighted by molar-refractivity contribution is 0.0410. The molecule has 0 radical (unpaired) electrons. The molecule has 0 spiro atoms. The van der Waals surface area contributed by atoms with Gasteiger partial charge in [-0.1, -0.05) is 0 Å². The third kappa shape index (κ3) is 2.42. The number of amides is 1. The van der Waals surface area contributed by atoms with Crippen LogP contribution in [0.2, 0.25) is 0 Å². The lowest BCUT2D eigenvalue weighted by Gasteiger charge is -2.10. The summed E-state index contributed by atoms with van der Waals surface area (Å²) in [5, 5.41) is 0. The van der Waals surface area contributed by atoms with Crippen LogP contribution in [0.25, 0.3) is 0 Å². The summed E-state index contributed by atoms with van der Waals surface area (Å²) in [6.45, 7) is 0. The van der Waals surface area contributed by atoms with E-state index in [2.05, 4.69) is 14.2 Å². The van der Waals surface area contributed by atoms with E-state index >= 15 is 0 Å². The van der Waals surface area contributed by atoms with Crippen molar-refractivity contribution in [3.05, 3.63) is 17.8 Å². The highest BCUT2D eigenvalue weighted by Gasteiger charge is 2.28. The van der Waals surface area contributed by atoms with Gasteiger partial charge in [-0.3, -0.25) is 4.79 Å². The molecule has 0 bridgehead atoms. The van der Waals surface area contributed by atoms with Gasteiger partial charge < -0.3 is 14.9 Å². The van der Waals surface area contributed by atoms with Crippen LogP contribution in [0.3, 0.4) is 0 Å². The molecule has 0 aliphatic carbocycles. The number of ether oxygens (including phenoxy) is 1. The van der Waals surface area contributed by atoms with Gasteiger partial charge in [0.2, 0.25) is 0 Å². The van der Waals surface area contributed by atoms with Crippen LogP contribution < -0.4 is 5.73 Å². The van der Waals surface area contributed by atoms with Crippen LogP contribution in [-0.4, -0.2) is 23.2 Å². The molecule has 1 saturated heterocycles. The molecule has 0 aromatic carbocycles. The predicted molar refractivity (Wildman–Crippen MR) is 61.1 cm³/mol. The second-order valence-corrected chi connectivity index (χ2v) is 4.42. The molecule has 0 saturated carbocycles. The fourth-order valence-electron chi connectivity index (χ4n) is 1.87. The second-order valence-electron chi connectivity index (χ2n) is 3.84. The van der Waals surface area contributed by atoms with Gasteiger partial charge in [0.05, 0.1) is 6.10 Å². The van der Waals surface area contributed by atoms with Crippen LogP contribution in [0, 0.1) is 0 Å². The molecule has 1 fully saturated rings. The third-order valence-electron chi connectivity index (χ3n) is 2.66. The minimum absolute atomic E-state index is 0.0481. The highest BCUT2D eigenvalue weighted by Crippen LogP contribution is 2.33. The van der Waals surface area contributed by atoms with Crippen molar-refractivity contribution in [3.63, 3.8) is 0 Å². The number of hydrogen-bond acceptors (Lipinski definition) is 4. The highest BCUT2D eigenvalue weighted by molar-refractivity contribution is 7.16. The minimum atomic E-state index is -0.647. The van der Waals surface area contributed by atoms with E-state index < -0.39 is 5.91 Å². The van der Waals surface area contributed by atoms with Crippen molar-refractivity contribution in [1.82, 2.24) is 4.98 Å².